The smallest absolute Gasteiger partial charge is 0.244 e. The van der Waals surface area contributed by atoms with Gasteiger partial charge in [-0.1, -0.05) is 18.2 Å². The predicted octanol–water partition coefficient (Wildman–Crippen LogP) is 4.52. The summed E-state index contributed by atoms with van der Waals surface area (Å²) in [5, 5.41) is -6.47. The SMILES string of the molecule is N=[S@@](=O)(c1ccccc1)C(F)(F)C(F)(F)C(F)(F)C(F)(F)F. The molecule has 1 N–H and O–H groups in total. The van der Waals surface area contributed by atoms with Gasteiger partial charge >= 0.3 is 23.3 Å². The van der Waals surface area contributed by atoms with Gasteiger partial charge in [-0.2, -0.15) is 39.5 Å². The van der Waals surface area contributed by atoms with Gasteiger partial charge in [-0.05, 0) is 12.1 Å². The van der Waals surface area contributed by atoms with Gasteiger partial charge in [0.15, 0.2) is 0 Å². The van der Waals surface area contributed by atoms with Crippen LogP contribution in [0.25, 0.3) is 0 Å². The Morgan fingerprint density at radius 2 is 1.18 bits per heavy atom. The lowest BCUT2D eigenvalue weighted by Gasteiger charge is -2.34. The highest BCUT2D eigenvalue weighted by Crippen LogP contribution is 2.55. The average molecular weight is 359 g/mol. The summed E-state index contributed by atoms with van der Waals surface area (Å²) in [6, 6.07) is 3.84. The molecule has 2 nitrogen and oxygen atoms in total. The van der Waals surface area contributed by atoms with Crippen LogP contribution in [0.4, 0.5) is 39.5 Å². The zero-order valence-electron chi connectivity index (χ0n) is 10.1. The second-order valence-corrected chi connectivity index (χ2v) is 6.13. The Morgan fingerprint density at radius 3 is 1.55 bits per heavy atom. The minimum Gasteiger partial charge on any atom is -0.244 e. The summed E-state index contributed by atoms with van der Waals surface area (Å²) in [5.41, 5.74) is 0. The maximum atomic E-state index is 13.5. The van der Waals surface area contributed by atoms with E-state index in [-0.39, 0.29) is 0 Å². The molecule has 0 amide bonds. The molecule has 0 heterocycles. The lowest BCUT2D eigenvalue weighted by atomic mass is 10.1. The number of halogens is 9. The third-order valence-electron chi connectivity index (χ3n) is 2.55. The van der Waals surface area contributed by atoms with Gasteiger partial charge in [-0.15, -0.1) is 0 Å². The van der Waals surface area contributed by atoms with Gasteiger partial charge in [0.25, 0.3) is 0 Å². The van der Waals surface area contributed by atoms with E-state index in [1.807, 2.05) is 0 Å². The first-order valence-electron chi connectivity index (χ1n) is 5.14. The second-order valence-electron chi connectivity index (χ2n) is 4.03. The van der Waals surface area contributed by atoms with Crippen molar-refractivity contribution in [3.05, 3.63) is 30.3 Å². The predicted molar refractivity (Wildman–Crippen MR) is 56.5 cm³/mol. The molecule has 0 radical (unpaired) electrons. The van der Waals surface area contributed by atoms with Gasteiger partial charge in [0, 0.05) is 0 Å². The molecule has 1 rings (SSSR count). The second kappa shape index (κ2) is 5.03. The van der Waals surface area contributed by atoms with Crippen LogP contribution >= 0.6 is 0 Å². The number of hydrogen-bond acceptors (Lipinski definition) is 2. The molecule has 0 fully saturated rings. The molecule has 0 aliphatic heterocycles. The Hall–Kier alpha value is -1.46. The monoisotopic (exact) mass is 359 g/mol. The van der Waals surface area contributed by atoms with E-state index < -0.39 is 37.9 Å². The summed E-state index contributed by atoms with van der Waals surface area (Å²) >= 11 is 0. The van der Waals surface area contributed by atoms with Crippen molar-refractivity contribution in [1.82, 2.24) is 0 Å². The topological polar surface area (TPSA) is 40.9 Å². The van der Waals surface area contributed by atoms with Crippen molar-refractivity contribution in [2.24, 2.45) is 0 Å². The van der Waals surface area contributed by atoms with Gasteiger partial charge < -0.3 is 0 Å². The Morgan fingerprint density at radius 1 is 0.773 bits per heavy atom. The maximum absolute atomic E-state index is 13.5. The standard InChI is InChI=1S/C10H6F9NOS/c11-7(12,9(15,16)17)8(13,14)10(18,19)22(20,21)6-4-2-1-3-5-6/h1-5,20H/t22-/m1/s1. The van der Waals surface area contributed by atoms with Gasteiger partial charge in [0.2, 0.25) is 0 Å². The molecular weight excluding hydrogens is 353 g/mol. The molecule has 0 unspecified atom stereocenters. The van der Waals surface area contributed by atoms with Crippen LogP contribution in [0.3, 0.4) is 0 Å². The zero-order valence-corrected chi connectivity index (χ0v) is 10.9. The maximum Gasteiger partial charge on any atom is 0.460 e. The summed E-state index contributed by atoms with van der Waals surface area (Å²) in [6.45, 7) is 0. The fraction of sp³-hybridized carbons (Fsp3) is 0.400. The van der Waals surface area contributed by atoms with Crippen LogP contribution in [-0.2, 0) is 9.73 Å². The third kappa shape index (κ3) is 2.42. The van der Waals surface area contributed by atoms with Crippen LogP contribution in [0, 0.1) is 4.78 Å². The van der Waals surface area contributed by atoms with E-state index in [0.29, 0.717) is 12.1 Å². The first-order valence-corrected chi connectivity index (χ1v) is 6.70. The van der Waals surface area contributed by atoms with Gasteiger partial charge in [0.1, 0.15) is 9.73 Å². The number of rotatable bonds is 4. The molecule has 0 aliphatic carbocycles. The fourth-order valence-corrected chi connectivity index (χ4v) is 2.63. The Bertz CT molecular complexity index is 636. The lowest BCUT2D eigenvalue weighted by Crippen LogP contribution is -2.63. The van der Waals surface area contributed by atoms with Crippen LogP contribution in [-0.4, -0.2) is 27.5 Å². The van der Waals surface area contributed by atoms with Crippen molar-refractivity contribution in [1.29, 1.82) is 4.78 Å². The number of hydrogen-bond donors (Lipinski definition) is 1. The van der Waals surface area contributed by atoms with E-state index >= 15 is 0 Å². The molecule has 0 aliphatic rings. The Labute approximate surface area is 117 Å². The van der Waals surface area contributed by atoms with Crippen LogP contribution in [0.1, 0.15) is 0 Å². The minimum absolute atomic E-state index is 0.477. The Balaban J connectivity index is 3.52. The molecule has 1 atom stereocenters. The van der Waals surface area contributed by atoms with E-state index in [1.54, 1.807) is 0 Å². The van der Waals surface area contributed by atoms with Gasteiger partial charge in [-0.3, -0.25) is 0 Å². The number of alkyl halides is 9. The summed E-state index contributed by atoms with van der Waals surface area (Å²) in [4.78, 5) is -1.31. The fourth-order valence-electron chi connectivity index (χ4n) is 1.30. The van der Waals surface area contributed by atoms with Crippen molar-refractivity contribution in [2.75, 3.05) is 0 Å². The highest BCUT2D eigenvalue weighted by molar-refractivity contribution is 7.93. The molecule has 0 saturated heterocycles. The van der Waals surface area contributed by atoms with Gasteiger partial charge in [-0.25, -0.2) is 8.99 Å². The first-order chi connectivity index (χ1) is 9.61. The summed E-state index contributed by atoms with van der Waals surface area (Å²) in [6.07, 6.45) is -7.02. The number of benzene rings is 1. The first kappa shape index (κ1) is 18.6. The zero-order chi connectivity index (χ0) is 17.6. The normalized spacial score (nSPS) is 17.1. The van der Waals surface area contributed by atoms with E-state index in [1.165, 1.54) is 0 Å². The van der Waals surface area contributed by atoms with Crippen molar-refractivity contribution >= 4 is 9.73 Å². The average Bonchev–Trinajstić information content (AvgIpc) is 2.37. The van der Waals surface area contributed by atoms with Crippen molar-refractivity contribution in [3.63, 3.8) is 0 Å². The van der Waals surface area contributed by atoms with E-state index in [0.717, 1.165) is 18.2 Å². The van der Waals surface area contributed by atoms with E-state index in [9.17, 15) is 43.7 Å². The van der Waals surface area contributed by atoms with Crippen LogP contribution in [0.2, 0.25) is 0 Å². The van der Waals surface area contributed by atoms with Crippen molar-refractivity contribution in [3.8, 4) is 0 Å². The van der Waals surface area contributed by atoms with Crippen molar-refractivity contribution in [2.45, 2.75) is 28.2 Å². The summed E-state index contributed by atoms with van der Waals surface area (Å²) in [5.74, 6) is -14.3. The highest BCUT2D eigenvalue weighted by Gasteiger charge is 2.84. The molecule has 1 aromatic rings. The molecule has 0 aromatic heterocycles. The molecule has 0 bridgehead atoms. The van der Waals surface area contributed by atoms with Crippen LogP contribution < -0.4 is 0 Å². The molecule has 0 saturated carbocycles. The van der Waals surface area contributed by atoms with Crippen LogP contribution in [0.5, 0.6) is 0 Å². The van der Waals surface area contributed by atoms with E-state index in [2.05, 4.69) is 0 Å². The lowest BCUT2D eigenvalue weighted by molar-refractivity contribution is -0.382. The molecule has 1 aromatic carbocycles. The molecule has 0 spiro atoms. The van der Waals surface area contributed by atoms with E-state index in [4.69, 9.17) is 4.78 Å². The largest absolute Gasteiger partial charge is 0.460 e. The minimum atomic E-state index is -7.18. The highest BCUT2D eigenvalue weighted by atomic mass is 32.2. The molecule has 12 heteroatoms. The molecular formula is C10H6F9NOS. The summed E-state index contributed by atoms with van der Waals surface area (Å²) < 4.78 is 133. The third-order valence-corrected chi connectivity index (χ3v) is 4.47. The molecule has 126 valence electrons. The summed E-state index contributed by atoms with van der Waals surface area (Å²) in [7, 11) is -6.00. The Kier molecular flexibility index (Phi) is 4.25. The van der Waals surface area contributed by atoms with Crippen LogP contribution in [0.15, 0.2) is 35.2 Å². The number of nitrogens with one attached hydrogen (secondary N) is 1. The van der Waals surface area contributed by atoms with Gasteiger partial charge in [0.05, 0.1) is 4.90 Å². The van der Waals surface area contributed by atoms with Crippen molar-refractivity contribution < 1.29 is 43.7 Å². The molecule has 22 heavy (non-hydrogen) atoms. The quantitative estimate of drug-likeness (QED) is 0.789.